The van der Waals surface area contributed by atoms with E-state index in [-0.39, 0.29) is 6.61 Å². The molecule has 1 saturated heterocycles. The number of esters is 1. The summed E-state index contributed by atoms with van der Waals surface area (Å²) in [4.78, 5) is 21.2. The van der Waals surface area contributed by atoms with Crippen LogP contribution in [0.3, 0.4) is 0 Å². The molecule has 2 aromatic rings. The van der Waals surface area contributed by atoms with Crippen LogP contribution in [0.1, 0.15) is 59.6 Å². The van der Waals surface area contributed by atoms with E-state index in [4.69, 9.17) is 9.47 Å². The minimum absolute atomic E-state index is 0.0204. The Morgan fingerprint density at radius 1 is 1.06 bits per heavy atom. The summed E-state index contributed by atoms with van der Waals surface area (Å²) in [5.74, 6) is 0.106. The van der Waals surface area contributed by atoms with E-state index in [0.717, 1.165) is 11.4 Å². The van der Waals surface area contributed by atoms with Crippen molar-refractivity contribution in [3.63, 3.8) is 0 Å². The van der Waals surface area contributed by atoms with Gasteiger partial charge in [-0.1, -0.05) is 51.5 Å². The molecule has 6 heteroatoms. The van der Waals surface area contributed by atoms with Gasteiger partial charge >= 0.3 is 5.97 Å². The van der Waals surface area contributed by atoms with Crippen LogP contribution in [0, 0.1) is 0 Å². The molecule has 0 bridgehead atoms. The van der Waals surface area contributed by atoms with Crippen molar-refractivity contribution in [3.05, 3.63) is 70.1 Å². The zero-order valence-corrected chi connectivity index (χ0v) is 19.7. The molecule has 0 N–H and O–H groups in total. The lowest BCUT2D eigenvalue weighted by atomic mass is 10.2. The van der Waals surface area contributed by atoms with Crippen molar-refractivity contribution in [2.75, 3.05) is 26.8 Å². The molecule has 3 rings (SSSR count). The number of ether oxygens (including phenoxy) is 2. The van der Waals surface area contributed by atoms with E-state index in [1.165, 1.54) is 43.6 Å². The Balaban J connectivity index is 0.00000166. The summed E-state index contributed by atoms with van der Waals surface area (Å²) in [7, 11) is 1.59. The number of rotatable bonds is 7. The Hall–Kier alpha value is -2.44. The smallest absolute Gasteiger partial charge is 0.338 e. The number of carbonyl (C=O) groups excluding carboxylic acids is 1. The van der Waals surface area contributed by atoms with Crippen molar-refractivity contribution in [1.29, 1.82) is 0 Å². The minimum atomic E-state index is -0.392. The maximum Gasteiger partial charge on any atom is 0.338 e. The summed E-state index contributed by atoms with van der Waals surface area (Å²) in [5, 5.41) is 0. The van der Waals surface area contributed by atoms with Crippen molar-refractivity contribution in [2.45, 2.75) is 46.1 Å². The second kappa shape index (κ2) is 13.8. The summed E-state index contributed by atoms with van der Waals surface area (Å²) >= 11 is 1.68. The molecule has 0 aliphatic carbocycles. The van der Waals surface area contributed by atoms with Crippen LogP contribution in [0.4, 0.5) is 0 Å². The highest BCUT2D eigenvalue weighted by Crippen LogP contribution is 2.22. The third-order valence-electron chi connectivity index (χ3n) is 4.78. The van der Waals surface area contributed by atoms with Crippen molar-refractivity contribution in [1.82, 2.24) is 4.90 Å². The molecule has 0 spiro atoms. The molecule has 0 unspecified atom stereocenters. The molecule has 0 amide bonds. The summed E-state index contributed by atoms with van der Waals surface area (Å²) in [6.07, 6.45) is 5.24. The number of aliphatic imine (C=N–C) groups is 1. The normalized spacial score (nSPS) is 14.7. The van der Waals surface area contributed by atoms with Crippen LogP contribution in [-0.2, 0) is 16.0 Å². The highest BCUT2D eigenvalue weighted by Gasteiger charge is 2.14. The van der Waals surface area contributed by atoms with Crippen molar-refractivity contribution < 1.29 is 14.3 Å². The van der Waals surface area contributed by atoms with E-state index in [2.05, 4.69) is 22.5 Å². The van der Waals surface area contributed by atoms with E-state index >= 15 is 0 Å². The Morgan fingerprint density at radius 2 is 1.74 bits per heavy atom. The molecule has 1 fully saturated rings. The van der Waals surface area contributed by atoms with Gasteiger partial charge in [-0.25, -0.2) is 9.79 Å². The van der Waals surface area contributed by atoms with Gasteiger partial charge in [0, 0.05) is 11.4 Å². The molecule has 0 radical (unpaired) electrons. The Kier molecular flexibility index (Phi) is 11.0. The molecule has 1 aliphatic rings. The number of thiophene rings is 1. The van der Waals surface area contributed by atoms with E-state index in [9.17, 15) is 4.79 Å². The lowest BCUT2D eigenvalue weighted by molar-refractivity contribution is 0.0539. The predicted octanol–water partition coefficient (Wildman–Crippen LogP) is 5.91. The van der Waals surface area contributed by atoms with Crippen molar-refractivity contribution in [3.8, 4) is 0 Å². The first-order valence-corrected chi connectivity index (χ1v) is 11.8. The molecule has 168 valence electrons. The standard InChI is InChI=1S/C23H28N2O3S.C2H6/c1-18(17-28-23(26)19-10-6-5-7-11-19)24-22(27-2)21-13-12-20(29-21)16-25-14-8-3-4-9-15-25;1-2/h5-7,10-13H,1,3-4,8-9,14-17H2,2H3;1-2H3. The number of carbonyl (C=O) groups is 1. The molecular formula is C25H34N2O3S. The van der Waals surface area contributed by atoms with Gasteiger partial charge in [0.15, 0.2) is 0 Å². The van der Waals surface area contributed by atoms with Crippen LogP contribution in [0.2, 0.25) is 0 Å². The van der Waals surface area contributed by atoms with Gasteiger partial charge in [-0.05, 0) is 50.2 Å². The summed E-state index contributed by atoms with van der Waals surface area (Å²) in [6, 6.07) is 13.0. The first-order valence-electron chi connectivity index (χ1n) is 11.0. The van der Waals surface area contributed by atoms with Gasteiger partial charge in [0.05, 0.1) is 23.2 Å². The summed E-state index contributed by atoms with van der Waals surface area (Å²) < 4.78 is 10.8. The topological polar surface area (TPSA) is 51.1 Å². The third-order valence-corrected chi connectivity index (χ3v) is 5.84. The number of nitrogens with zero attached hydrogens (tertiary/aromatic N) is 2. The van der Waals surface area contributed by atoms with Crippen LogP contribution >= 0.6 is 11.3 Å². The zero-order chi connectivity index (χ0) is 22.5. The van der Waals surface area contributed by atoms with Crippen LogP contribution in [-0.4, -0.2) is 43.6 Å². The molecule has 1 aliphatic heterocycles. The number of hydrogen-bond acceptors (Lipinski definition) is 6. The molecule has 1 aromatic heterocycles. The lowest BCUT2D eigenvalue weighted by Crippen LogP contribution is -2.23. The number of likely N-dealkylation sites (tertiary alicyclic amines) is 1. The van der Waals surface area contributed by atoms with E-state index in [1.54, 1.807) is 42.7 Å². The largest absolute Gasteiger partial charge is 0.480 e. The van der Waals surface area contributed by atoms with Crippen molar-refractivity contribution in [2.24, 2.45) is 4.99 Å². The van der Waals surface area contributed by atoms with Crippen molar-refractivity contribution >= 4 is 23.2 Å². The van der Waals surface area contributed by atoms with Gasteiger partial charge < -0.3 is 9.47 Å². The van der Waals surface area contributed by atoms with Gasteiger partial charge in [-0.3, -0.25) is 4.90 Å². The van der Waals surface area contributed by atoms with Crippen LogP contribution in [0.5, 0.6) is 0 Å². The summed E-state index contributed by atoms with van der Waals surface area (Å²) in [6.45, 7) is 11.2. The average molecular weight is 443 g/mol. The zero-order valence-electron chi connectivity index (χ0n) is 18.9. The molecule has 5 nitrogen and oxygen atoms in total. The van der Waals surface area contributed by atoms with Gasteiger partial charge in [0.25, 0.3) is 0 Å². The Morgan fingerprint density at radius 3 is 2.39 bits per heavy atom. The lowest BCUT2D eigenvalue weighted by Gasteiger charge is -2.18. The van der Waals surface area contributed by atoms with Gasteiger partial charge in [-0.2, -0.15) is 0 Å². The number of methoxy groups -OCH3 is 1. The maximum atomic E-state index is 12.0. The van der Waals surface area contributed by atoms with Crippen LogP contribution in [0.15, 0.2) is 59.7 Å². The number of benzene rings is 1. The second-order valence-electron chi connectivity index (χ2n) is 7.09. The van der Waals surface area contributed by atoms with Gasteiger partial charge in [0.2, 0.25) is 5.90 Å². The van der Waals surface area contributed by atoms with Crippen LogP contribution < -0.4 is 0 Å². The second-order valence-corrected chi connectivity index (χ2v) is 8.25. The molecule has 0 atom stereocenters. The molecule has 31 heavy (non-hydrogen) atoms. The minimum Gasteiger partial charge on any atom is -0.480 e. The first kappa shape index (κ1) is 24.8. The highest BCUT2D eigenvalue weighted by molar-refractivity contribution is 7.14. The van der Waals surface area contributed by atoms with Crippen LogP contribution in [0.25, 0.3) is 0 Å². The quantitative estimate of drug-likeness (QED) is 0.304. The first-order chi connectivity index (χ1) is 15.2. The molecule has 1 aromatic carbocycles. The third kappa shape index (κ3) is 8.31. The molecule has 0 saturated carbocycles. The van der Waals surface area contributed by atoms with E-state index < -0.39 is 5.97 Å². The van der Waals surface area contributed by atoms with Gasteiger partial charge in [0.1, 0.15) is 6.61 Å². The summed E-state index contributed by atoms with van der Waals surface area (Å²) in [5.41, 5.74) is 0.946. The van der Waals surface area contributed by atoms with E-state index in [0.29, 0.717) is 17.2 Å². The monoisotopic (exact) mass is 442 g/mol. The Labute approximate surface area is 190 Å². The predicted molar refractivity (Wildman–Crippen MR) is 129 cm³/mol. The fourth-order valence-corrected chi connectivity index (χ4v) is 4.29. The molecule has 2 heterocycles. The number of hydrogen-bond donors (Lipinski definition) is 0. The SMILES string of the molecule is C=C(COC(=O)c1ccccc1)N=C(OC)c1ccc(CN2CCCCCC2)s1.CC. The van der Waals surface area contributed by atoms with E-state index in [1.807, 2.05) is 26.0 Å². The molecular weight excluding hydrogens is 408 g/mol. The maximum absolute atomic E-state index is 12.0. The fourth-order valence-electron chi connectivity index (χ4n) is 3.28. The Bertz CT molecular complexity index is 837. The average Bonchev–Trinajstić information content (AvgIpc) is 3.12. The fraction of sp³-hybridized carbons (Fsp3) is 0.440. The highest BCUT2D eigenvalue weighted by atomic mass is 32.1. The van der Waals surface area contributed by atoms with Gasteiger partial charge in [-0.15, -0.1) is 11.3 Å².